The Balaban J connectivity index is 1.46. The number of benzene rings is 1. The van der Waals surface area contributed by atoms with Crippen molar-refractivity contribution in [2.75, 3.05) is 14.1 Å². The molecule has 0 spiro atoms. The van der Waals surface area contributed by atoms with Crippen LogP contribution >= 0.6 is 0 Å². The summed E-state index contributed by atoms with van der Waals surface area (Å²) in [6.45, 7) is 2.16. The van der Waals surface area contributed by atoms with Crippen LogP contribution in [0.15, 0.2) is 29.2 Å². The largest absolute Gasteiger partial charge is 0.349 e. The van der Waals surface area contributed by atoms with E-state index in [1.807, 2.05) is 0 Å². The van der Waals surface area contributed by atoms with Gasteiger partial charge in [0, 0.05) is 25.7 Å². The number of hydrogen-bond acceptors (Lipinski definition) is 3. The van der Waals surface area contributed by atoms with Crippen molar-refractivity contribution in [2.24, 2.45) is 23.2 Å². The van der Waals surface area contributed by atoms with Crippen molar-refractivity contribution in [1.82, 2.24) is 9.62 Å². The lowest BCUT2D eigenvalue weighted by molar-refractivity contribution is -0.0688. The van der Waals surface area contributed by atoms with Gasteiger partial charge >= 0.3 is 0 Å². The molecule has 0 heterocycles. The van der Waals surface area contributed by atoms with E-state index in [0.29, 0.717) is 5.56 Å². The van der Waals surface area contributed by atoms with Gasteiger partial charge in [-0.05, 0) is 92.9 Å². The molecule has 4 saturated carbocycles. The fourth-order valence-corrected chi connectivity index (χ4v) is 7.03. The third kappa shape index (κ3) is 3.31. The molecule has 6 heteroatoms. The summed E-state index contributed by atoms with van der Waals surface area (Å²) in [5, 5.41) is 3.24. The van der Waals surface area contributed by atoms with Crippen LogP contribution in [0.3, 0.4) is 0 Å². The molecule has 0 unspecified atom stereocenters. The maximum Gasteiger partial charge on any atom is 0.251 e. The molecule has 0 radical (unpaired) electrons. The molecule has 1 aromatic rings. The highest BCUT2D eigenvalue weighted by Gasteiger charge is 2.53. The van der Waals surface area contributed by atoms with Gasteiger partial charge in [0.2, 0.25) is 10.0 Å². The number of nitrogens with zero attached hydrogens (tertiary/aromatic N) is 1. The van der Waals surface area contributed by atoms with Crippen LogP contribution < -0.4 is 5.32 Å². The number of rotatable bonds is 5. The zero-order chi connectivity index (χ0) is 19.4. The van der Waals surface area contributed by atoms with Crippen molar-refractivity contribution >= 4 is 15.9 Å². The molecule has 0 aromatic heterocycles. The highest BCUT2D eigenvalue weighted by Crippen LogP contribution is 2.61. The number of nitrogens with one attached hydrogen (secondary N) is 1. The van der Waals surface area contributed by atoms with E-state index >= 15 is 0 Å². The minimum atomic E-state index is -3.47. The van der Waals surface area contributed by atoms with Gasteiger partial charge in [0.25, 0.3) is 5.91 Å². The van der Waals surface area contributed by atoms with Crippen LogP contribution in [0.1, 0.15) is 55.8 Å². The van der Waals surface area contributed by atoms with Crippen molar-refractivity contribution < 1.29 is 13.2 Å². The van der Waals surface area contributed by atoms with E-state index in [-0.39, 0.29) is 22.3 Å². The molecular weight excluding hydrogens is 360 g/mol. The lowest BCUT2D eigenvalue weighted by Gasteiger charge is -2.59. The molecule has 1 amide bonds. The molecule has 5 nitrogen and oxygen atoms in total. The fourth-order valence-electron chi connectivity index (χ4n) is 6.13. The summed E-state index contributed by atoms with van der Waals surface area (Å²) in [7, 11) is -0.465. The van der Waals surface area contributed by atoms with Gasteiger partial charge in [0.1, 0.15) is 0 Å². The lowest BCUT2D eigenvalue weighted by atomic mass is 9.48. The third-order valence-corrected chi connectivity index (χ3v) is 9.08. The molecule has 4 fully saturated rings. The van der Waals surface area contributed by atoms with E-state index in [1.54, 1.807) is 12.1 Å². The average molecular weight is 391 g/mol. The first-order valence-corrected chi connectivity index (χ1v) is 11.5. The van der Waals surface area contributed by atoms with Crippen LogP contribution in [-0.4, -0.2) is 38.8 Å². The molecule has 1 atom stereocenters. The van der Waals surface area contributed by atoms with E-state index in [1.165, 1.54) is 69.1 Å². The van der Waals surface area contributed by atoms with E-state index in [0.717, 1.165) is 17.8 Å². The number of hydrogen-bond donors (Lipinski definition) is 1. The second-order valence-electron chi connectivity index (χ2n) is 9.29. The van der Waals surface area contributed by atoms with Crippen LogP contribution in [0.4, 0.5) is 0 Å². The van der Waals surface area contributed by atoms with Gasteiger partial charge in [0.05, 0.1) is 4.90 Å². The van der Waals surface area contributed by atoms with Crippen molar-refractivity contribution in [1.29, 1.82) is 0 Å². The molecule has 0 saturated heterocycles. The molecule has 4 aliphatic carbocycles. The number of carbonyl (C=O) groups is 1. The first-order valence-electron chi connectivity index (χ1n) is 10.0. The number of amides is 1. The molecule has 0 aliphatic heterocycles. The predicted octanol–water partition coefficient (Wildman–Crippen LogP) is 3.27. The zero-order valence-electron chi connectivity index (χ0n) is 16.4. The Morgan fingerprint density at radius 3 is 1.96 bits per heavy atom. The Labute approximate surface area is 162 Å². The molecule has 148 valence electrons. The van der Waals surface area contributed by atoms with Gasteiger partial charge < -0.3 is 5.32 Å². The van der Waals surface area contributed by atoms with E-state index in [2.05, 4.69) is 12.2 Å². The first kappa shape index (κ1) is 18.9. The fraction of sp³-hybridized carbons (Fsp3) is 0.667. The minimum absolute atomic E-state index is 0.105. The van der Waals surface area contributed by atoms with Gasteiger partial charge in [-0.2, -0.15) is 0 Å². The summed E-state index contributed by atoms with van der Waals surface area (Å²) in [5.41, 5.74) is 0.780. The quantitative estimate of drug-likeness (QED) is 0.839. The monoisotopic (exact) mass is 390 g/mol. The van der Waals surface area contributed by atoms with Crippen LogP contribution in [-0.2, 0) is 10.0 Å². The maximum absolute atomic E-state index is 12.8. The Kier molecular flexibility index (Phi) is 4.62. The SMILES string of the molecule is C[C@H](NC(=O)c1ccc(S(=O)(=O)N(C)C)cc1)C12CC3CC(CC(C3)C1)C2. The molecule has 4 bridgehead atoms. The Hall–Kier alpha value is -1.40. The number of sulfonamides is 1. The summed E-state index contributed by atoms with van der Waals surface area (Å²) >= 11 is 0. The van der Waals surface area contributed by atoms with Crippen LogP contribution in [0, 0.1) is 23.2 Å². The number of carbonyl (C=O) groups excluding carboxylic acids is 1. The van der Waals surface area contributed by atoms with E-state index < -0.39 is 10.0 Å². The van der Waals surface area contributed by atoms with Gasteiger partial charge in [-0.1, -0.05) is 0 Å². The first-order chi connectivity index (χ1) is 12.7. The summed E-state index contributed by atoms with van der Waals surface area (Å²) in [5.74, 6) is 2.45. The molecule has 5 rings (SSSR count). The predicted molar refractivity (Wildman–Crippen MR) is 105 cm³/mol. The minimum Gasteiger partial charge on any atom is -0.349 e. The van der Waals surface area contributed by atoms with Crippen LogP contribution in [0.2, 0.25) is 0 Å². The van der Waals surface area contributed by atoms with Crippen molar-refractivity contribution in [3.8, 4) is 0 Å². The zero-order valence-corrected chi connectivity index (χ0v) is 17.3. The molecule has 4 aliphatic rings. The van der Waals surface area contributed by atoms with E-state index in [9.17, 15) is 13.2 Å². The molecule has 1 N–H and O–H groups in total. The topological polar surface area (TPSA) is 66.5 Å². The van der Waals surface area contributed by atoms with Gasteiger partial charge in [0.15, 0.2) is 0 Å². The normalized spacial score (nSPS) is 33.3. The second kappa shape index (κ2) is 6.59. The summed E-state index contributed by atoms with van der Waals surface area (Å²) in [6.07, 6.45) is 7.92. The Morgan fingerprint density at radius 2 is 1.52 bits per heavy atom. The maximum atomic E-state index is 12.8. The Morgan fingerprint density at radius 1 is 1.04 bits per heavy atom. The highest BCUT2D eigenvalue weighted by molar-refractivity contribution is 7.89. The van der Waals surface area contributed by atoms with Gasteiger partial charge in [-0.3, -0.25) is 4.79 Å². The molecule has 27 heavy (non-hydrogen) atoms. The van der Waals surface area contributed by atoms with Crippen molar-refractivity contribution in [2.45, 2.75) is 56.4 Å². The highest BCUT2D eigenvalue weighted by atomic mass is 32.2. The third-order valence-electron chi connectivity index (χ3n) is 7.25. The lowest BCUT2D eigenvalue weighted by Crippen LogP contribution is -2.55. The van der Waals surface area contributed by atoms with E-state index in [4.69, 9.17) is 0 Å². The van der Waals surface area contributed by atoms with Crippen LogP contribution in [0.25, 0.3) is 0 Å². The van der Waals surface area contributed by atoms with Gasteiger partial charge in [-0.25, -0.2) is 12.7 Å². The Bertz CT molecular complexity index is 794. The average Bonchev–Trinajstić information content (AvgIpc) is 2.60. The molecule has 1 aromatic carbocycles. The summed E-state index contributed by atoms with van der Waals surface area (Å²) < 4.78 is 25.5. The summed E-state index contributed by atoms with van der Waals surface area (Å²) in [4.78, 5) is 13.0. The molecular formula is C21H30N2O3S. The van der Waals surface area contributed by atoms with Gasteiger partial charge in [-0.15, -0.1) is 0 Å². The van der Waals surface area contributed by atoms with Crippen molar-refractivity contribution in [3.05, 3.63) is 29.8 Å². The van der Waals surface area contributed by atoms with Crippen LogP contribution in [0.5, 0.6) is 0 Å². The smallest absolute Gasteiger partial charge is 0.251 e. The standard InChI is InChI=1S/C21H30N2O3S/c1-14(21-11-15-8-16(12-21)10-17(9-15)13-21)22-20(24)18-4-6-19(7-5-18)27(25,26)23(2)3/h4-7,14-17H,8-13H2,1-3H3,(H,22,24)/t14-,15?,16?,17?,21?/m0/s1. The van der Waals surface area contributed by atoms with Crippen molar-refractivity contribution in [3.63, 3.8) is 0 Å². The summed E-state index contributed by atoms with van der Waals surface area (Å²) in [6, 6.07) is 6.40. The second-order valence-corrected chi connectivity index (χ2v) is 11.4.